The highest BCUT2D eigenvalue weighted by molar-refractivity contribution is 9.10. The van der Waals surface area contributed by atoms with Crippen molar-refractivity contribution in [3.05, 3.63) is 33.3 Å². The number of nitrogens with one attached hydrogen (secondary N) is 1. The van der Waals surface area contributed by atoms with E-state index in [9.17, 15) is 14.4 Å². The zero-order valence-electron chi connectivity index (χ0n) is 10.7. The molecular formula is C13H12BrClN2O3. The van der Waals surface area contributed by atoms with Crippen molar-refractivity contribution in [2.45, 2.75) is 19.4 Å². The normalized spacial score (nSPS) is 18.9. The van der Waals surface area contributed by atoms with Gasteiger partial charge in [-0.3, -0.25) is 19.7 Å². The lowest BCUT2D eigenvalue weighted by Crippen LogP contribution is -2.59. The van der Waals surface area contributed by atoms with Crippen molar-refractivity contribution in [2.24, 2.45) is 0 Å². The van der Waals surface area contributed by atoms with E-state index in [-0.39, 0.29) is 12.5 Å². The molecule has 1 N–H and O–H groups in total. The van der Waals surface area contributed by atoms with Gasteiger partial charge in [0.25, 0.3) is 5.91 Å². The van der Waals surface area contributed by atoms with Crippen molar-refractivity contribution < 1.29 is 14.4 Å². The number of benzene rings is 1. The van der Waals surface area contributed by atoms with Gasteiger partial charge in [-0.05, 0) is 40.5 Å². The second-order valence-electron chi connectivity index (χ2n) is 4.40. The van der Waals surface area contributed by atoms with Crippen LogP contribution in [-0.2, 0) is 9.59 Å². The Morgan fingerprint density at radius 2 is 2.20 bits per heavy atom. The molecule has 0 aliphatic carbocycles. The van der Waals surface area contributed by atoms with Crippen molar-refractivity contribution in [3.8, 4) is 0 Å². The van der Waals surface area contributed by atoms with E-state index in [0.29, 0.717) is 21.5 Å². The predicted octanol–water partition coefficient (Wildman–Crippen LogP) is 1.98. The van der Waals surface area contributed by atoms with E-state index in [1.165, 1.54) is 11.0 Å². The van der Waals surface area contributed by atoms with Gasteiger partial charge in [-0.2, -0.15) is 0 Å². The van der Waals surface area contributed by atoms with Gasteiger partial charge >= 0.3 is 0 Å². The average molecular weight is 360 g/mol. The Labute approximate surface area is 129 Å². The largest absolute Gasteiger partial charge is 0.317 e. The lowest BCUT2D eigenvalue weighted by Gasteiger charge is -2.33. The number of halogens is 2. The molecule has 3 amide bonds. The van der Waals surface area contributed by atoms with Crippen LogP contribution in [0.2, 0.25) is 5.02 Å². The fraction of sp³-hybridized carbons (Fsp3) is 0.308. The van der Waals surface area contributed by atoms with Crippen LogP contribution in [0.15, 0.2) is 22.7 Å². The third kappa shape index (κ3) is 2.86. The summed E-state index contributed by atoms with van der Waals surface area (Å²) in [6.07, 6.45) is 0.440. The molecule has 1 aromatic rings. The van der Waals surface area contributed by atoms with Gasteiger partial charge in [0, 0.05) is 10.0 Å². The molecule has 106 valence electrons. The third-order valence-corrected chi connectivity index (χ3v) is 4.30. The van der Waals surface area contributed by atoms with Gasteiger partial charge in [0.15, 0.2) is 0 Å². The maximum Gasteiger partial charge on any atom is 0.255 e. The SMILES string of the molecule is CCC1C(=O)NC(=O)CN1C(=O)c1ccc(Br)c(Cl)c1. The van der Waals surface area contributed by atoms with Crippen molar-refractivity contribution in [2.75, 3.05) is 6.54 Å². The minimum absolute atomic E-state index is 0.128. The first kappa shape index (κ1) is 15.0. The van der Waals surface area contributed by atoms with Crippen LogP contribution in [0.4, 0.5) is 0 Å². The molecule has 0 bridgehead atoms. The molecule has 1 atom stereocenters. The smallest absolute Gasteiger partial charge is 0.255 e. The summed E-state index contributed by atoms with van der Waals surface area (Å²) in [4.78, 5) is 36.9. The first-order chi connectivity index (χ1) is 9.43. The lowest BCUT2D eigenvalue weighted by atomic mass is 10.1. The van der Waals surface area contributed by atoms with Gasteiger partial charge in [0.1, 0.15) is 12.6 Å². The fourth-order valence-electron chi connectivity index (χ4n) is 2.08. The molecule has 1 aliphatic heterocycles. The van der Waals surface area contributed by atoms with Gasteiger partial charge < -0.3 is 4.90 Å². The standard InChI is InChI=1S/C13H12BrClN2O3/c1-2-10-12(19)16-11(18)6-17(10)13(20)7-3-4-8(14)9(15)5-7/h3-5,10H,2,6H2,1H3,(H,16,18,19). The number of nitrogens with zero attached hydrogens (tertiary/aromatic N) is 1. The predicted molar refractivity (Wildman–Crippen MR) is 77.4 cm³/mol. The van der Waals surface area contributed by atoms with Crippen molar-refractivity contribution >= 4 is 45.3 Å². The zero-order chi connectivity index (χ0) is 14.9. The van der Waals surface area contributed by atoms with Crippen molar-refractivity contribution in [3.63, 3.8) is 0 Å². The maximum atomic E-state index is 12.4. The molecule has 1 fully saturated rings. The minimum Gasteiger partial charge on any atom is -0.317 e. The van der Waals surface area contributed by atoms with Crippen LogP contribution in [0, 0.1) is 0 Å². The minimum atomic E-state index is -0.636. The van der Waals surface area contributed by atoms with Gasteiger partial charge in [0.05, 0.1) is 5.02 Å². The average Bonchev–Trinajstić information content (AvgIpc) is 2.40. The third-order valence-electron chi connectivity index (χ3n) is 3.07. The number of carbonyl (C=O) groups excluding carboxylic acids is 3. The van der Waals surface area contributed by atoms with Crippen LogP contribution >= 0.6 is 27.5 Å². The summed E-state index contributed by atoms with van der Waals surface area (Å²) < 4.78 is 0.676. The molecule has 0 spiro atoms. The molecule has 0 saturated carbocycles. The summed E-state index contributed by atoms with van der Waals surface area (Å²) in [7, 11) is 0. The van der Waals surface area contributed by atoms with Gasteiger partial charge in [-0.25, -0.2) is 0 Å². The van der Waals surface area contributed by atoms with E-state index in [2.05, 4.69) is 21.2 Å². The topological polar surface area (TPSA) is 66.5 Å². The molecule has 20 heavy (non-hydrogen) atoms. The van der Waals surface area contributed by atoms with Crippen LogP contribution < -0.4 is 5.32 Å². The fourth-order valence-corrected chi connectivity index (χ4v) is 2.51. The van der Waals surface area contributed by atoms with E-state index < -0.39 is 17.9 Å². The van der Waals surface area contributed by atoms with Gasteiger partial charge in [-0.1, -0.05) is 18.5 Å². The van der Waals surface area contributed by atoms with Crippen LogP contribution in [0.3, 0.4) is 0 Å². The monoisotopic (exact) mass is 358 g/mol. The number of imide groups is 1. The Balaban J connectivity index is 2.32. The summed E-state index contributed by atoms with van der Waals surface area (Å²) in [6.45, 7) is 1.66. The molecule has 1 aliphatic rings. The van der Waals surface area contributed by atoms with Gasteiger partial charge in [-0.15, -0.1) is 0 Å². The molecule has 5 nitrogen and oxygen atoms in total. The Kier molecular flexibility index (Phi) is 4.45. The highest BCUT2D eigenvalue weighted by atomic mass is 79.9. The highest BCUT2D eigenvalue weighted by Crippen LogP contribution is 2.24. The Morgan fingerprint density at radius 1 is 1.50 bits per heavy atom. The molecule has 1 saturated heterocycles. The number of hydrogen-bond acceptors (Lipinski definition) is 3. The van der Waals surface area contributed by atoms with Crippen molar-refractivity contribution in [1.82, 2.24) is 10.2 Å². The van der Waals surface area contributed by atoms with Crippen LogP contribution in [0.5, 0.6) is 0 Å². The second kappa shape index (κ2) is 5.93. The Bertz CT molecular complexity index is 591. The number of hydrogen-bond donors (Lipinski definition) is 1. The maximum absolute atomic E-state index is 12.4. The zero-order valence-corrected chi connectivity index (χ0v) is 13.0. The molecule has 7 heteroatoms. The van der Waals surface area contributed by atoms with Crippen LogP contribution in [-0.4, -0.2) is 35.2 Å². The van der Waals surface area contributed by atoms with E-state index in [4.69, 9.17) is 11.6 Å². The summed E-state index contributed by atoms with van der Waals surface area (Å²) in [5, 5.41) is 2.63. The summed E-state index contributed by atoms with van der Waals surface area (Å²) >= 11 is 9.20. The Hall–Kier alpha value is -1.40. The molecule has 0 aromatic heterocycles. The molecule has 2 rings (SSSR count). The molecule has 1 unspecified atom stereocenters. The lowest BCUT2D eigenvalue weighted by molar-refractivity contribution is -0.138. The van der Waals surface area contributed by atoms with Gasteiger partial charge in [0.2, 0.25) is 11.8 Å². The summed E-state index contributed by atoms with van der Waals surface area (Å²) in [6, 6.07) is 4.13. The van der Waals surface area contributed by atoms with E-state index in [0.717, 1.165) is 0 Å². The number of amides is 3. The quantitative estimate of drug-likeness (QED) is 0.821. The number of piperazine rings is 1. The van der Waals surface area contributed by atoms with Crippen LogP contribution in [0.25, 0.3) is 0 Å². The highest BCUT2D eigenvalue weighted by Gasteiger charge is 2.35. The van der Waals surface area contributed by atoms with E-state index in [1.54, 1.807) is 19.1 Å². The molecule has 1 heterocycles. The molecule has 0 radical (unpaired) electrons. The second-order valence-corrected chi connectivity index (χ2v) is 5.66. The summed E-state index contributed by atoms with van der Waals surface area (Å²) in [5.41, 5.74) is 0.346. The molecular weight excluding hydrogens is 348 g/mol. The van der Waals surface area contributed by atoms with Crippen LogP contribution in [0.1, 0.15) is 23.7 Å². The number of carbonyl (C=O) groups is 3. The molecule has 1 aromatic carbocycles. The first-order valence-electron chi connectivity index (χ1n) is 6.03. The Morgan fingerprint density at radius 3 is 2.80 bits per heavy atom. The first-order valence-corrected chi connectivity index (χ1v) is 7.20. The summed E-state index contributed by atoms with van der Waals surface area (Å²) in [5.74, 6) is -1.30. The number of rotatable bonds is 2. The van der Waals surface area contributed by atoms with Crippen molar-refractivity contribution in [1.29, 1.82) is 0 Å². The van der Waals surface area contributed by atoms with E-state index in [1.807, 2.05) is 0 Å². The van der Waals surface area contributed by atoms with E-state index >= 15 is 0 Å².